The lowest BCUT2D eigenvalue weighted by atomic mass is 10.1. The number of aromatic nitrogens is 4. The first-order valence-electron chi connectivity index (χ1n) is 12.1. The monoisotopic (exact) mass is 556 g/mol. The Morgan fingerprint density at radius 1 is 0.842 bits per heavy atom. The number of carbonyl (C=O) groups excluding carboxylic acids is 1. The molecule has 0 fully saturated rings. The summed E-state index contributed by atoms with van der Waals surface area (Å²) in [6, 6.07) is 21.7. The molecule has 3 aromatic carbocycles. The van der Waals surface area contributed by atoms with Gasteiger partial charge in [0.05, 0.1) is 22.1 Å². The van der Waals surface area contributed by atoms with Gasteiger partial charge in [0.15, 0.2) is 6.61 Å². The fraction of sp³-hybridized carbons (Fsp3) is 0.250. The number of para-hydroxylation sites is 4. The van der Waals surface area contributed by atoms with E-state index in [1.54, 1.807) is 0 Å². The molecule has 5 rings (SSSR count). The van der Waals surface area contributed by atoms with Gasteiger partial charge in [0.1, 0.15) is 17.4 Å². The number of aromatic amines is 2. The number of ether oxygens (including phenoxy) is 1. The first kappa shape index (κ1) is 30.6. The number of benzene rings is 3. The molecule has 0 saturated heterocycles. The number of hydrogen-bond acceptors (Lipinski definition) is 5. The third-order valence-corrected chi connectivity index (χ3v) is 5.79. The number of imidazole rings is 2. The van der Waals surface area contributed by atoms with Gasteiger partial charge in [0.2, 0.25) is 0 Å². The third-order valence-electron chi connectivity index (χ3n) is 5.79. The van der Waals surface area contributed by atoms with Crippen molar-refractivity contribution in [3.05, 3.63) is 89.5 Å². The molecule has 8 nitrogen and oxygen atoms in total. The number of hydrogen-bond donors (Lipinski definition) is 4. The van der Waals surface area contributed by atoms with E-state index in [2.05, 4.69) is 25.3 Å². The second-order valence-corrected chi connectivity index (χ2v) is 8.57. The SMILES string of the molecule is Cc1ccc(OCC(=O)NCCc2nc3ccccc3[nH]2)cc1C.Cl.Cl.NCCc1nc2ccccc2[nH]1. The molecular formula is C28H34Cl2N6O2. The quantitative estimate of drug-likeness (QED) is 0.218. The second kappa shape index (κ2) is 15.0. The Morgan fingerprint density at radius 2 is 1.42 bits per heavy atom. The van der Waals surface area contributed by atoms with E-state index in [4.69, 9.17) is 10.5 Å². The average Bonchev–Trinajstić information content (AvgIpc) is 3.48. The Bertz CT molecular complexity index is 1380. The average molecular weight is 558 g/mol. The molecule has 5 N–H and O–H groups in total. The minimum Gasteiger partial charge on any atom is -0.484 e. The fourth-order valence-electron chi connectivity index (χ4n) is 3.71. The molecular weight excluding hydrogens is 523 g/mol. The molecule has 2 aromatic heterocycles. The number of H-pyrrole nitrogens is 2. The molecule has 0 unspecified atom stereocenters. The van der Waals surface area contributed by atoms with Crippen LogP contribution < -0.4 is 15.8 Å². The Balaban J connectivity index is 0.000000306. The second-order valence-electron chi connectivity index (χ2n) is 8.57. The molecule has 38 heavy (non-hydrogen) atoms. The van der Waals surface area contributed by atoms with E-state index in [-0.39, 0.29) is 37.3 Å². The molecule has 0 saturated carbocycles. The predicted octanol–water partition coefficient (Wildman–Crippen LogP) is 4.83. The van der Waals surface area contributed by atoms with Crippen molar-refractivity contribution in [1.82, 2.24) is 25.3 Å². The Morgan fingerprint density at radius 3 is 1.97 bits per heavy atom. The smallest absolute Gasteiger partial charge is 0.257 e. The Hall–Kier alpha value is -3.59. The summed E-state index contributed by atoms with van der Waals surface area (Å²) >= 11 is 0. The number of aryl methyl sites for hydroxylation is 2. The lowest BCUT2D eigenvalue weighted by Gasteiger charge is -2.08. The van der Waals surface area contributed by atoms with Crippen LogP contribution in [0.5, 0.6) is 5.75 Å². The van der Waals surface area contributed by atoms with E-state index in [0.29, 0.717) is 25.3 Å². The first-order valence-corrected chi connectivity index (χ1v) is 12.1. The summed E-state index contributed by atoms with van der Waals surface area (Å²) in [6.07, 6.45) is 1.47. The molecule has 0 aliphatic rings. The molecule has 1 amide bonds. The standard InChI is InChI=1S/C19H21N3O2.C9H11N3.2ClH/c1-13-7-8-15(11-14(13)2)24-12-19(23)20-10-9-18-21-16-5-3-4-6-17(16)22-18;10-6-5-9-11-7-3-1-2-4-8(7)12-9;;/h3-8,11H,9-10,12H2,1-2H3,(H,20,23)(H,21,22);1-4H,5-6,10H2,(H,11,12);2*1H. The first-order chi connectivity index (χ1) is 17.5. The van der Waals surface area contributed by atoms with Crippen LogP contribution in [-0.4, -0.2) is 45.5 Å². The number of amides is 1. The molecule has 202 valence electrons. The number of carbonyl (C=O) groups is 1. The molecule has 0 atom stereocenters. The van der Waals surface area contributed by atoms with Crippen molar-refractivity contribution >= 4 is 52.8 Å². The minimum atomic E-state index is -0.135. The zero-order valence-electron chi connectivity index (χ0n) is 21.5. The third kappa shape index (κ3) is 8.48. The number of nitrogens with one attached hydrogen (secondary N) is 3. The largest absolute Gasteiger partial charge is 0.484 e. The summed E-state index contributed by atoms with van der Waals surface area (Å²) in [5.41, 5.74) is 11.8. The highest BCUT2D eigenvalue weighted by atomic mass is 35.5. The van der Waals surface area contributed by atoms with Gasteiger partial charge < -0.3 is 25.8 Å². The number of halogens is 2. The van der Waals surface area contributed by atoms with Crippen molar-refractivity contribution in [2.24, 2.45) is 5.73 Å². The van der Waals surface area contributed by atoms with Gasteiger partial charge in [-0.05, 0) is 67.9 Å². The predicted molar refractivity (Wildman–Crippen MR) is 158 cm³/mol. The Labute approximate surface area is 234 Å². The zero-order valence-corrected chi connectivity index (χ0v) is 23.1. The van der Waals surface area contributed by atoms with E-state index < -0.39 is 0 Å². The highest BCUT2D eigenvalue weighted by Gasteiger charge is 2.06. The molecule has 0 radical (unpaired) electrons. The maximum absolute atomic E-state index is 11.9. The van der Waals surface area contributed by atoms with Crippen LogP contribution in [0.15, 0.2) is 66.7 Å². The van der Waals surface area contributed by atoms with Gasteiger partial charge in [-0.3, -0.25) is 4.79 Å². The number of nitrogens with two attached hydrogens (primary N) is 1. The van der Waals surface area contributed by atoms with Crippen LogP contribution in [0.4, 0.5) is 0 Å². The van der Waals surface area contributed by atoms with Crippen molar-refractivity contribution in [3.8, 4) is 5.75 Å². The number of nitrogens with zero attached hydrogens (tertiary/aromatic N) is 2. The number of fused-ring (bicyclic) bond motifs is 2. The highest BCUT2D eigenvalue weighted by molar-refractivity contribution is 5.85. The lowest BCUT2D eigenvalue weighted by Crippen LogP contribution is -2.30. The van der Waals surface area contributed by atoms with Gasteiger partial charge >= 0.3 is 0 Å². The van der Waals surface area contributed by atoms with E-state index in [1.165, 1.54) is 5.56 Å². The summed E-state index contributed by atoms with van der Waals surface area (Å²) < 4.78 is 5.52. The lowest BCUT2D eigenvalue weighted by molar-refractivity contribution is -0.123. The van der Waals surface area contributed by atoms with Gasteiger partial charge in [0, 0.05) is 19.4 Å². The molecule has 2 heterocycles. The molecule has 5 aromatic rings. The summed E-state index contributed by atoms with van der Waals surface area (Å²) in [5.74, 6) is 2.42. The van der Waals surface area contributed by atoms with Crippen LogP contribution in [0.2, 0.25) is 0 Å². The van der Waals surface area contributed by atoms with Crippen LogP contribution in [0.1, 0.15) is 22.8 Å². The summed E-state index contributed by atoms with van der Waals surface area (Å²) in [5, 5.41) is 2.85. The highest BCUT2D eigenvalue weighted by Crippen LogP contribution is 2.16. The van der Waals surface area contributed by atoms with Crippen molar-refractivity contribution in [3.63, 3.8) is 0 Å². The van der Waals surface area contributed by atoms with Crippen LogP contribution >= 0.6 is 24.8 Å². The molecule has 10 heteroatoms. The Kier molecular flexibility index (Phi) is 12.1. The summed E-state index contributed by atoms with van der Waals surface area (Å²) in [6.45, 7) is 5.25. The van der Waals surface area contributed by atoms with Crippen LogP contribution in [0.25, 0.3) is 22.1 Å². The van der Waals surface area contributed by atoms with Gasteiger partial charge in [-0.2, -0.15) is 0 Å². The van der Waals surface area contributed by atoms with E-state index in [9.17, 15) is 4.79 Å². The van der Waals surface area contributed by atoms with Gasteiger partial charge in [0.25, 0.3) is 5.91 Å². The van der Waals surface area contributed by atoms with Crippen molar-refractivity contribution in [2.45, 2.75) is 26.7 Å². The summed E-state index contributed by atoms with van der Waals surface area (Å²) in [4.78, 5) is 27.2. The van der Waals surface area contributed by atoms with Crippen molar-refractivity contribution in [2.75, 3.05) is 19.7 Å². The topological polar surface area (TPSA) is 122 Å². The molecule has 0 aliphatic carbocycles. The van der Waals surface area contributed by atoms with Crippen LogP contribution in [-0.2, 0) is 17.6 Å². The van der Waals surface area contributed by atoms with E-state index in [1.807, 2.05) is 80.6 Å². The maximum atomic E-state index is 11.9. The van der Waals surface area contributed by atoms with Crippen LogP contribution in [0, 0.1) is 13.8 Å². The molecule has 0 bridgehead atoms. The van der Waals surface area contributed by atoms with E-state index in [0.717, 1.165) is 45.7 Å². The van der Waals surface area contributed by atoms with Gasteiger partial charge in [-0.1, -0.05) is 30.3 Å². The molecule has 0 aliphatic heterocycles. The normalized spacial score (nSPS) is 10.2. The fourth-order valence-corrected chi connectivity index (χ4v) is 3.71. The maximum Gasteiger partial charge on any atom is 0.257 e. The van der Waals surface area contributed by atoms with E-state index >= 15 is 0 Å². The molecule has 0 spiro atoms. The van der Waals surface area contributed by atoms with Crippen LogP contribution in [0.3, 0.4) is 0 Å². The summed E-state index contributed by atoms with van der Waals surface area (Å²) in [7, 11) is 0. The zero-order chi connectivity index (χ0) is 25.3. The number of rotatable bonds is 8. The minimum absolute atomic E-state index is 0. The van der Waals surface area contributed by atoms with Crippen molar-refractivity contribution in [1.29, 1.82) is 0 Å². The van der Waals surface area contributed by atoms with Crippen molar-refractivity contribution < 1.29 is 9.53 Å². The van der Waals surface area contributed by atoms with Gasteiger partial charge in [-0.25, -0.2) is 9.97 Å². The van der Waals surface area contributed by atoms with Gasteiger partial charge in [-0.15, -0.1) is 24.8 Å².